The van der Waals surface area contributed by atoms with E-state index in [9.17, 15) is 27.9 Å². The molecule has 1 amide bonds. The van der Waals surface area contributed by atoms with Crippen LogP contribution in [-0.2, 0) is 11.4 Å². The fourth-order valence-corrected chi connectivity index (χ4v) is 8.28. The van der Waals surface area contributed by atoms with E-state index in [1.165, 1.54) is 12.1 Å². The van der Waals surface area contributed by atoms with E-state index in [0.717, 1.165) is 43.9 Å². The minimum atomic E-state index is -4.37. The van der Waals surface area contributed by atoms with Crippen molar-refractivity contribution in [2.24, 2.45) is 23.2 Å². The highest BCUT2D eigenvalue weighted by Gasteiger charge is 2.56. The van der Waals surface area contributed by atoms with Crippen LogP contribution in [0.5, 0.6) is 5.75 Å². The summed E-state index contributed by atoms with van der Waals surface area (Å²) in [5, 5.41) is 14.7. The van der Waals surface area contributed by atoms with E-state index < -0.39 is 28.8 Å². The molecule has 4 bridgehead atoms. The van der Waals surface area contributed by atoms with Gasteiger partial charge in [-0.25, -0.2) is 4.79 Å². The maximum Gasteiger partial charge on any atom is 0.446 e. The van der Waals surface area contributed by atoms with Crippen LogP contribution in [0, 0.1) is 23.2 Å². The van der Waals surface area contributed by atoms with Crippen molar-refractivity contribution in [1.82, 2.24) is 5.32 Å². The number of nitrogens with one attached hydrogen (secondary N) is 1. The predicted octanol–water partition coefficient (Wildman–Crippen LogP) is 7.43. The van der Waals surface area contributed by atoms with Gasteiger partial charge >= 0.3 is 11.5 Å². The van der Waals surface area contributed by atoms with Crippen LogP contribution in [0.4, 0.5) is 13.2 Å². The van der Waals surface area contributed by atoms with E-state index in [0.29, 0.717) is 34.5 Å². The quantitative estimate of drug-likeness (QED) is 0.276. The third kappa shape index (κ3) is 5.40. The first kappa shape index (κ1) is 27.0. The maximum absolute atomic E-state index is 13.7. The van der Waals surface area contributed by atoms with Gasteiger partial charge in [-0.2, -0.15) is 13.2 Å². The average Bonchev–Trinajstić information content (AvgIpc) is 2.89. The lowest BCUT2D eigenvalue weighted by atomic mass is 9.47. The molecule has 0 spiro atoms. The molecule has 3 aromatic rings. The molecule has 40 heavy (non-hydrogen) atoms. The van der Waals surface area contributed by atoms with Crippen molar-refractivity contribution in [2.75, 3.05) is 0 Å². The minimum Gasteiger partial charge on any atom is -0.487 e. The summed E-state index contributed by atoms with van der Waals surface area (Å²) >= 11 is -0.181. The first-order valence-electron chi connectivity index (χ1n) is 13.6. The SMILES string of the molecule is O=C(N[C@H](C(=O)O)C12CC3CC(CC(C3)C1)C2)c1ccc2ccccc2c1OCc1ccc(SC(F)(F)F)cc1. The number of aliphatic carboxylic acids is 1. The number of halogens is 3. The highest BCUT2D eigenvalue weighted by atomic mass is 32.2. The van der Waals surface area contributed by atoms with Crippen LogP contribution < -0.4 is 10.1 Å². The molecule has 0 aliphatic heterocycles. The third-order valence-electron chi connectivity index (χ3n) is 8.88. The zero-order valence-electron chi connectivity index (χ0n) is 21.7. The number of thioether (sulfide) groups is 1. The molecule has 0 unspecified atom stereocenters. The van der Waals surface area contributed by atoms with Crippen LogP contribution in [-0.4, -0.2) is 28.5 Å². The summed E-state index contributed by atoms with van der Waals surface area (Å²) in [7, 11) is 0. The molecule has 4 aliphatic carbocycles. The smallest absolute Gasteiger partial charge is 0.446 e. The van der Waals surface area contributed by atoms with Gasteiger partial charge in [0, 0.05) is 15.7 Å². The minimum absolute atomic E-state index is 0.0303. The number of carboxylic acid groups (broad SMARTS) is 1. The molecule has 0 saturated heterocycles. The van der Waals surface area contributed by atoms with Gasteiger partial charge in [0.1, 0.15) is 18.4 Å². The lowest BCUT2D eigenvalue weighted by Crippen LogP contribution is -2.59. The Morgan fingerprint density at radius 1 is 0.950 bits per heavy atom. The fourth-order valence-electron chi connectivity index (χ4n) is 7.74. The molecule has 7 rings (SSSR count). The maximum atomic E-state index is 13.7. The third-order valence-corrected chi connectivity index (χ3v) is 9.62. The van der Waals surface area contributed by atoms with E-state index in [4.69, 9.17) is 4.74 Å². The van der Waals surface area contributed by atoms with E-state index in [-0.39, 0.29) is 28.8 Å². The van der Waals surface area contributed by atoms with E-state index in [2.05, 4.69) is 5.32 Å². The summed E-state index contributed by atoms with van der Waals surface area (Å²) < 4.78 is 44.2. The summed E-state index contributed by atoms with van der Waals surface area (Å²) in [6, 6.07) is 15.8. The molecule has 1 atom stereocenters. The number of alkyl halides is 3. The zero-order chi connectivity index (χ0) is 28.1. The van der Waals surface area contributed by atoms with Crippen LogP contribution in [0.2, 0.25) is 0 Å². The molecule has 9 heteroatoms. The van der Waals surface area contributed by atoms with E-state index in [1.807, 2.05) is 24.3 Å². The monoisotopic (exact) mass is 569 g/mol. The van der Waals surface area contributed by atoms with Gasteiger partial charge in [-0.1, -0.05) is 42.5 Å². The van der Waals surface area contributed by atoms with Crippen molar-refractivity contribution < 1.29 is 32.6 Å². The summed E-state index contributed by atoms with van der Waals surface area (Å²) in [6.07, 6.45) is 5.99. The highest BCUT2D eigenvalue weighted by molar-refractivity contribution is 8.00. The largest absolute Gasteiger partial charge is 0.487 e. The summed E-state index contributed by atoms with van der Waals surface area (Å²) in [5.41, 5.74) is -3.92. The summed E-state index contributed by atoms with van der Waals surface area (Å²) in [6.45, 7) is 0.0303. The highest BCUT2D eigenvalue weighted by Crippen LogP contribution is 2.61. The van der Waals surface area contributed by atoms with Crippen LogP contribution in [0.15, 0.2) is 65.6 Å². The Labute approximate surface area is 234 Å². The number of carboxylic acids is 1. The van der Waals surface area contributed by atoms with Crippen molar-refractivity contribution >= 4 is 34.4 Å². The van der Waals surface area contributed by atoms with Crippen LogP contribution in [0.3, 0.4) is 0 Å². The molecule has 210 valence electrons. The Balaban J connectivity index is 1.26. The molecule has 0 heterocycles. The Morgan fingerprint density at radius 2 is 1.57 bits per heavy atom. The van der Waals surface area contributed by atoms with Crippen molar-refractivity contribution in [3.63, 3.8) is 0 Å². The average molecular weight is 570 g/mol. The van der Waals surface area contributed by atoms with E-state index in [1.54, 1.807) is 24.3 Å². The second-order valence-corrected chi connectivity index (χ2v) is 12.8. The zero-order valence-corrected chi connectivity index (χ0v) is 22.6. The van der Waals surface area contributed by atoms with Gasteiger partial charge in [-0.3, -0.25) is 4.79 Å². The van der Waals surface area contributed by atoms with Gasteiger partial charge in [0.2, 0.25) is 0 Å². The normalized spacial score (nSPS) is 26.0. The number of carbonyl (C=O) groups is 2. The molecule has 3 aromatic carbocycles. The fraction of sp³-hybridized carbons (Fsp3) is 0.419. The summed E-state index contributed by atoms with van der Waals surface area (Å²) in [4.78, 5) is 26.4. The molecule has 4 fully saturated rings. The number of hydrogen-bond acceptors (Lipinski definition) is 4. The Hall–Kier alpha value is -3.20. The molecule has 0 radical (unpaired) electrons. The van der Waals surface area contributed by atoms with Crippen LogP contribution >= 0.6 is 11.8 Å². The van der Waals surface area contributed by atoms with Crippen LogP contribution in [0.1, 0.15) is 54.4 Å². The molecule has 0 aromatic heterocycles. The lowest BCUT2D eigenvalue weighted by molar-refractivity contribution is -0.150. The van der Waals surface area contributed by atoms with Gasteiger partial charge in [0.25, 0.3) is 5.91 Å². The number of fused-ring (bicyclic) bond motifs is 1. The van der Waals surface area contributed by atoms with Crippen molar-refractivity contribution in [3.05, 3.63) is 71.8 Å². The van der Waals surface area contributed by atoms with Crippen molar-refractivity contribution in [1.29, 1.82) is 0 Å². The number of rotatable bonds is 8. The van der Waals surface area contributed by atoms with Gasteiger partial charge in [0.05, 0.1) is 5.56 Å². The first-order valence-corrected chi connectivity index (χ1v) is 14.4. The molecule has 2 N–H and O–H groups in total. The van der Waals surface area contributed by atoms with Crippen molar-refractivity contribution in [2.45, 2.75) is 61.6 Å². The molecule has 4 aliphatic rings. The molecule has 4 saturated carbocycles. The number of amides is 1. The van der Waals surface area contributed by atoms with Gasteiger partial charge < -0.3 is 15.2 Å². The van der Waals surface area contributed by atoms with Gasteiger partial charge in [-0.15, -0.1) is 0 Å². The molecular formula is C31H30F3NO4S. The van der Waals surface area contributed by atoms with E-state index >= 15 is 0 Å². The standard InChI is InChI=1S/C31H30F3NO4S/c32-31(33,34)40-23-8-5-18(6-9-23)17-39-26-24-4-2-1-3-22(24)7-10-25(26)28(36)35-27(29(37)38)30-14-19-11-20(15-30)13-21(12-19)16-30/h1-10,19-21,27H,11-17H2,(H,35,36)(H,37,38)/t19?,20?,21?,27-,30?/m1/s1. The van der Waals surface area contributed by atoms with Gasteiger partial charge in [0.15, 0.2) is 0 Å². The predicted molar refractivity (Wildman–Crippen MR) is 146 cm³/mol. The Bertz CT molecular complexity index is 1400. The first-order chi connectivity index (χ1) is 19.1. The second-order valence-electron chi connectivity index (χ2n) is 11.7. The number of ether oxygens (including phenoxy) is 1. The lowest BCUT2D eigenvalue weighted by Gasteiger charge is -2.58. The summed E-state index contributed by atoms with van der Waals surface area (Å²) in [5.74, 6) is 0.414. The number of benzene rings is 3. The van der Waals surface area contributed by atoms with Crippen LogP contribution in [0.25, 0.3) is 10.8 Å². The second kappa shape index (κ2) is 10.3. The van der Waals surface area contributed by atoms with Crippen molar-refractivity contribution in [3.8, 4) is 5.75 Å². The Morgan fingerprint density at radius 3 is 2.17 bits per heavy atom. The molecule has 5 nitrogen and oxygen atoms in total. The number of hydrogen-bond donors (Lipinski definition) is 2. The number of carbonyl (C=O) groups excluding carboxylic acids is 1. The molecular weight excluding hydrogens is 539 g/mol. The Kier molecular flexibility index (Phi) is 6.97. The van der Waals surface area contributed by atoms with Gasteiger partial charge in [-0.05, 0) is 97.2 Å². The topological polar surface area (TPSA) is 75.6 Å².